The maximum absolute atomic E-state index is 11.5. The predicted octanol–water partition coefficient (Wildman–Crippen LogP) is 4.05. The van der Waals surface area contributed by atoms with Crippen molar-refractivity contribution in [1.82, 2.24) is 0 Å². The first-order chi connectivity index (χ1) is 9.65. The summed E-state index contributed by atoms with van der Waals surface area (Å²) in [6.45, 7) is 0. The van der Waals surface area contributed by atoms with Crippen molar-refractivity contribution >= 4 is 28.0 Å². The average molecular weight is 331 g/mol. The minimum absolute atomic E-state index is 0.242. The number of carboxylic acids is 1. The van der Waals surface area contributed by atoms with Gasteiger partial charge in [-0.25, -0.2) is 4.79 Å². The Morgan fingerprint density at radius 2 is 1.80 bits per heavy atom. The van der Waals surface area contributed by atoms with Crippen molar-refractivity contribution in [3.63, 3.8) is 0 Å². The summed E-state index contributed by atoms with van der Waals surface area (Å²) in [4.78, 5) is 11.5. The van der Waals surface area contributed by atoms with Crippen LogP contribution in [0.5, 0.6) is 5.75 Å². The molecular formula is C16H11BrO3. The zero-order valence-corrected chi connectivity index (χ0v) is 12.0. The number of carbonyl (C=O) groups is 1. The van der Waals surface area contributed by atoms with Crippen LogP contribution >= 0.6 is 15.9 Å². The summed E-state index contributed by atoms with van der Waals surface area (Å²) in [5, 5.41) is 9.39. The SMILES string of the molecule is O=C(O)C1=Cc2ccccc2OC1c1ccc(Br)cc1. The molecule has 3 nitrogen and oxygen atoms in total. The van der Waals surface area contributed by atoms with Crippen LogP contribution in [0.4, 0.5) is 0 Å². The molecule has 1 aliphatic heterocycles. The lowest BCUT2D eigenvalue weighted by atomic mass is 9.96. The van der Waals surface area contributed by atoms with E-state index in [1.807, 2.05) is 48.5 Å². The number of carboxylic acid groups (broad SMARTS) is 1. The Balaban J connectivity index is 2.08. The molecule has 0 aromatic heterocycles. The molecule has 1 heterocycles. The third kappa shape index (κ3) is 2.34. The third-order valence-corrected chi connectivity index (χ3v) is 3.71. The first-order valence-electron chi connectivity index (χ1n) is 6.11. The van der Waals surface area contributed by atoms with E-state index < -0.39 is 12.1 Å². The average Bonchev–Trinajstić information content (AvgIpc) is 2.46. The van der Waals surface area contributed by atoms with Crippen LogP contribution in [0.25, 0.3) is 6.08 Å². The lowest BCUT2D eigenvalue weighted by Crippen LogP contribution is -2.20. The largest absolute Gasteiger partial charge is 0.480 e. The van der Waals surface area contributed by atoms with Crippen molar-refractivity contribution in [1.29, 1.82) is 0 Å². The van der Waals surface area contributed by atoms with E-state index in [0.717, 1.165) is 15.6 Å². The van der Waals surface area contributed by atoms with E-state index in [1.54, 1.807) is 6.08 Å². The summed E-state index contributed by atoms with van der Waals surface area (Å²) < 4.78 is 6.81. The van der Waals surface area contributed by atoms with Crippen LogP contribution in [0, 0.1) is 0 Å². The smallest absolute Gasteiger partial charge is 0.335 e. The highest BCUT2D eigenvalue weighted by atomic mass is 79.9. The summed E-state index contributed by atoms with van der Waals surface area (Å²) in [6.07, 6.45) is 1.09. The number of halogens is 1. The van der Waals surface area contributed by atoms with Crippen molar-refractivity contribution in [3.8, 4) is 5.75 Å². The van der Waals surface area contributed by atoms with Gasteiger partial charge in [-0.05, 0) is 29.8 Å². The van der Waals surface area contributed by atoms with Crippen molar-refractivity contribution in [2.75, 3.05) is 0 Å². The zero-order chi connectivity index (χ0) is 14.1. The second-order valence-electron chi connectivity index (χ2n) is 4.49. The summed E-state index contributed by atoms with van der Waals surface area (Å²) >= 11 is 3.37. The Hall–Kier alpha value is -2.07. The molecule has 0 fully saturated rings. The number of rotatable bonds is 2. The molecule has 20 heavy (non-hydrogen) atoms. The topological polar surface area (TPSA) is 46.5 Å². The molecule has 1 atom stereocenters. The number of aliphatic carboxylic acids is 1. The van der Waals surface area contributed by atoms with Gasteiger partial charge in [0.25, 0.3) is 0 Å². The van der Waals surface area contributed by atoms with Crippen molar-refractivity contribution in [3.05, 3.63) is 69.7 Å². The fourth-order valence-electron chi connectivity index (χ4n) is 2.20. The quantitative estimate of drug-likeness (QED) is 0.903. The zero-order valence-electron chi connectivity index (χ0n) is 10.4. The summed E-state index contributed by atoms with van der Waals surface area (Å²) in [5.41, 5.74) is 1.85. The molecule has 0 aliphatic carbocycles. The van der Waals surface area contributed by atoms with E-state index in [1.165, 1.54) is 0 Å². The van der Waals surface area contributed by atoms with Crippen molar-refractivity contribution < 1.29 is 14.6 Å². The van der Waals surface area contributed by atoms with Gasteiger partial charge in [0.15, 0.2) is 6.10 Å². The van der Waals surface area contributed by atoms with E-state index in [2.05, 4.69) is 15.9 Å². The van der Waals surface area contributed by atoms with E-state index in [0.29, 0.717) is 5.75 Å². The molecule has 1 N–H and O–H groups in total. The van der Waals surface area contributed by atoms with Gasteiger partial charge in [0.2, 0.25) is 0 Å². The molecule has 4 heteroatoms. The predicted molar refractivity (Wildman–Crippen MR) is 79.6 cm³/mol. The van der Waals surface area contributed by atoms with Gasteiger partial charge in [-0.3, -0.25) is 0 Å². The van der Waals surface area contributed by atoms with Crippen LogP contribution < -0.4 is 4.74 Å². The molecule has 1 aliphatic rings. The molecule has 3 rings (SSSR count). The van der Waals surface area contributed by atoms with Gasteiger partial charge in [-0.2, -0.15) is 0 Å². The number of fused-ring (bicyclic) bond motifs is 1. The first-order valence-corrected chi connectivity index (χ1v) is 6.90. The third-order valence-electron chi connectivity index (χ3n) is 3.18. The Morgan fingerprint density at radius 3 is 2.50 bits per heavy atom. The first kappa shape index (κ1) is 12.9. The van der Waals surface area contributed by atoms with Crippen molar-refractivity contribution in [2.45, 2.75) is 6.10 Å². The maximum atomic E-state index is 11.5. The number of hydrogen-bond acceptors (Lipinski definition) is 2. The highest BCUT2D eigenvalue weighted by molar-refractivity contribution is 9.10. The Labute approximate surface area is 124 Å². The molecule has 2 aromatic rings. The molecule has 100 valence electrons. The number of benzene rings is 2. The van der Waals surface area contributed by atoms with Crippen LogP contribution in [-0.2, 0) is 4.79 Å². The molecule has 1 unspecified atom stereocenters. The van der Waals surface area contributed by atoms with Crippen LogP contribution in [0.3, 0.4) is 0 Å². The van der Waals surface area contributed by atoms with Gasteiger partial charge >= 0.3 is 5.97 Å². The molecular weight excluding hydrogens is 320 g/mol. The highest BCUT2D eigenvalue weighted by Crippen LogP contribution is 2.37. The monoisotopic (exact) mass is 330 g/mol. The minimum Gasteiger partial charge on any atom is -0.480 e. The van der Waals surface area contributed by atoms with Gasteiger partial charge < -0.3 is 9.84 Å². The minimum atomic E-state index is -0.965. The molecule has 0 bridgehead atoms. The Morgan fingerprint density at radius 1 is 1.10 bits per heavy atom. The van der Waals surface area contributed by atoms with E-state index in [9.17, 15) is 9.90 Å². The summed E-state index contributed by atoms with van der Waals surface area (Å²) in [6, 6.07) is 14.9. The summed E-state index contributed by atoms with van der Waals surface area (Å²) in [5.74, 6) is -0.266. The number of hydrogen-bond donors (Lipinski definition) is 1. The van der Waals surface area contributed by atoms with Crippen LogP contribution in [0.2, 0.25) is 0 Å². The fourth-order valence-corrected chi connectivity index (χ4v) is 2.46. The Kier molecular flexibility index (Phi) is 3.32. The molecule has 0 radical (unpaired) electrons. The molecule has 0 saturated carbocycles. The number of ether oxygens (including phenoxy) is 1. The highest BCUT2D eigenvalue weighted by Gasteiger charge is 2.28. The maximum Gasteiger partial charge on any atom is 0.335 e. The normalized spacial score (nSPS) is 16.9. The molecule has 0 amide bonds. The lowest BCUT2D eigenvalue weighted by molar-refractivity contribution is -0.133. The molecule has 2 aromatic carbocycles. The van der Waals surface area contributed by atoms with Crippen LogP contribution in [-0.4, -0.2) is 11.1 Å². The van der Waals surface area contributed by atoms with Crippen molar-refractivity contribution in [2.24, 2.45) is 0 Å². The van der Waals surface area contributed by atoms with Crippen LogP contribution in [0.15, 0.2) is 58.6 Å². The summed E-state index contributed by atoms with van der Waals surface area (Å²) in [7, 11) is 0. The van der Waals surface area contributed by atoms with E-state index >= 15 is 0 Å². The van der Waals surface area contributed by atoms with Crippen LogP contribution in [0.1, 0.15) is 17.2 Å². The molecule has 0 spiro atoms. The fraction of sp³-hybridized carbons (Fsp3) is 0.0625. The van der Waals surface area contributed by atoms with Gasteiger partial charge in [-0.15, -0.1) is 0 Å². The lowest BCUT2D eigenvalue weighted by Gasteiger charge is -2.25. The van der Waals surface area contributed by atoms with E-state index in [-0.39, 0.29) is 5.57 Å². The van der Waals surface area contributed by atoms with Gasteiger partial charge in [0, 0.05) is 10.0 Å². The Bertz CT molecular complexity index is 689. The molecule has 0 saturated heterocycles. The van der Waals surface area contributed by atoms with Gasteiger partial charge in [0.1, 0.15) is 5.75 Å². The van der Waals surface area contributed by atoms with Gasteiger partial charge in [-0.1, -0.05) is 46.3 Å². The van der Waals surface area contributed by atoms with Gasteiger partial charge in [0.05, 0.1) is 5.57 Å². The standard InChI is InChI=1S/C16H11BrO3/c17-12-7-5-10(6-8-12)15-13(16(18)19)9-11-3-1-2-4-14(11)20-15/h1-9,15H,(H,18,19). The second kappa shape index (κ2) is 5.13. The van der Waals surface area contributed by atoms with E-state index in [4.69, 9.17) is 4.74 Å². The number of para-hydroxylation sites is 1. The second-order valence-corrected chi connectivity index (χ2v) is 5.41.